The van der Waals surface area contributed by atoms with E-state index in [4.69, 9.17) is 0 Å². The molecule has 0 atom stereocenters. The van der Waals surface area contributed by atoms with Gasteiger partial charge in [0.1, 0.15) is 0 Å². The van der Waals surface area contributed by atoms with Crippen molar-refractivity contribution >= 4 is 45.1 Å². The van der Waals surface area contributed by atoms with Crippen LogP contribution in [0.25, 0.3) is 20.7 Å². The summed E-state index contributed by atoms with van der Waals surface area (Å²) in [7, 11) is 0. The van der Waals surface area contributed by atoms with Crippen molar-refractivity contribution in [2.45, 2.75) is 6.92 Å². The van der Waals surface area contributed by atoms with Crippen molar-refractivity contribution < 1.29 is 0 Å². The molecule has 5 nitrogen and oxygen atoms in total. The lowest BCUT2D eigenvalue weighted by Crippen LogP contribution is -1.97. The summed E-state index contributed by atoms with van der Waals surface area (Å²) in [5.41, 5.74) is 7.02. The minimum absolute atomic E-state index is 0.479. The van der Waals surface area contributed by atoms with Crippen LogP contribution in [0.15, 0.2) is 52.5 Å². The Morgan fingerprint density at radius 1 is 1.21 bits per heavy atom. The van der Waals surface area contributed by atoms with Gasteiger partial charge in [0.2, 0.25) is 5.95 Å². The Bertz CT molecular complexity index is 991. The first-order valence-corrected chi connectivity index (χ1v) is 9.06. The number of hydrogen-bond donors (Lipinski definition) is 1. The molecule has 0 saturated heterocycles. The fourth-order valence-corrected chi connectivity index (χ4v) is 4.18. The number of rotatable bonds is 4. The zero-order valence-electron chi connectivity index (χ0n) is 12.8. The summed E-state index contributed by atoms with van der Waals surface area (Å²) < 4.78 is 1.08. The quantitative estimate of drug-likeness (QED) is 0.432. The predicted molar refractivity (Wildman–Crippen MR) is 101 cm³/mol. The molecule has 0 aliphatic rings. The summed E-state index contributed by atoms with van der Waals surface area (Å²) in [6, 6.07) is 7.79. The number of nitrogens with zero attached hydrogens (tertiary/aromatic N) is 4. The molecule has 0 bridgehead atoms. The lowest BCUT2D eigenvalue weighted by atomic mass is 10.2. The maximum absolute atomic E-state index is 4.59. The lowest BCUT2D eigenvalue weighted by Gasteiger charge is -1.99. The lowest BCUT2D eigenvalue weighted by molar-refractivity contribution is 1.15. The van der Waals surface area contributed by atoms with Gasteiger partial charge in [0.25, 0.3) is 0 Å². The molecule has 0 radical (unpaired) electrons. The number of anilines is 1. The Morgan fingerprint density at radius 3 is 2.96 bits per heavy atom. The van der Waals surface area contributed by atoms with Gasteiger partial charge in [0.15, 0.2) is 0 Å². The average Bonchev–Trinajstić information content (AvgIpc) is 3.24. The molecule has 24 heavy (non-hydrogen) atoms. The number of aryl methyl sites for hydroxylation is 1. The van der Waals surface area contributed by atoms with Crippen LogP contribution in [0, 0.1) is 6.92 Å². The van der Waals surface area contributed by atoms with Crippen molar-refractivity contribution in [3.8, 4) is 10.4 Å². The van der Waals surface area contributed by atoms with Crippen molar-refractivity contribution in [1.82, 2.24) is 15.0 Å². The van der Waals surface area contributed by atoms with Crippen molar-refractivity contribution in [2.24, 2.45) is 5.10 Å². The molecule has 4 rings (SSSR count). The third-order valence-corrected chi connectivity index (χ3v) is 5.44. The molecule has 0 fully saturated rings. The molecule has 0 amide bonds. The summed E-state index contributed by atoms with van der Waals surface area (Å²) in [5.74, 6) is 0.479. The van der Waals surface area contributed by atoms with Crippen LogP contribution in [0.1, 0.15) is 11.3 Å². The first-order valence-electron chi connectivity index (χ1n) is 7.30. The molecule has 4 aromatic heterocycles. The fraction of sp³-hybridized carbons (Fsp3) is 0.0588. The molecule has 0 saturated carbocycles. The van der Waals surface area contributed by atoms with Crippen molar-refractivity contribution in [3.05, 3.63) is 58.7 Å². The van der Waals surface area contributed by atoms with Gasteiger partial charge >= 0.3 is 0 Å². The summed E-state index contributed by atoms with van der Waals surface area (Å²) in [5, 5.41) is 8.39. The van der Waals surface area contributed by atoms with Crippen LogP contribution in [-0.4, -0.2) is 21.2 Å². The van der Waals surface area contributed by atoms with E-state index in [1.54, 1.807) is 35.1 Å². The van der Waals surface area contributed by atoms with Gasteiger partial charge in [-0.2, -0.15) is 16.4 Å². The second kappa shape index (κ2) is 6.46. The molecule has 0 unspecified atom stereocenters. The van der Waals surface area contributed by atoms with E-state index in [2.05, 4.69) is 49.2 Å². The monoisotopic (exact) mass is 351 g/mol. The summed E-state index contributed by atoms with van der Waals surface area (Å²) >= 11 is 3.41. The number of thiophene rings is 2. The molecule has 0 spiro atoms. The van der Waals surface area contributed by atoms with Gasteiger partial charge in [-0.25, -0.2) is 15.4 Å². The smallest absolute Gasteiger partial charge is 0.244 e. The average molecular weight is 351 g/mol. The van der Waals surface area contributed by atoms with E-state index in [-0.39, 0.29) is 0 Å². The number of pyridine rings is 1. The minimum Gasteiger partial charge on any atom is -0.255 e. The first kappa shape index (κ1) is 14.9. The number of nitrogens with one attached hydrogen (secondary N) is 1. The molecule has 4 aromatic rings. The molecule has 4 heterocycles. The molecule has 1 N–H and O–H groups in total. The van der Waals surface area contributed by atoms with Gasteiger partial charge in [0, 0.05) is 16.6 Å². The third-order valence-electron chi connectivity index (χ3n) is 3.50. The van der Waals surface area contributed by atoms with Crippen LogP contribution in [0.2, 0.25) is 0 Å². The normalized spacial score (nSPS) is 11.4. The van der Waals surface area contributed by atoms with E-state index >= 15 is 0 Å². The Hall–Kier alpha value is -2.64. The van der Waals surface area contributed by atoms with E-state index < -0.39 is 0 Å². The second-order valence-electron chi connectivity index (χ2n) is 5.10. The van der Waals surface area contributed by atoms with E-state index in [9.17, 15) is 0 Å². The molecule has 0 aromatic carbocycles. The van der Waals surface area contributed by atoms with Crippen LogP contribution < -0.4 is 5.43 Å². The molecule has 118 valence electrons. The zero-order valence-corrected chi connectivity index (χ0v) is 14.4. The van der Waals surface area contributed by atoms with E-state index in [0.717, 1.165) is 15.9 Å². The van der Waals surface area contributed by atoms with Crippen LogP contribution in [-0.2, 0) is 0 Å². The molecule has 0 aliphatic heterocycles. The number of fused-ring (bicyclic) bond motifs is 1. The molecule has 7 heteroatoms. The van der Waals surface area contributed by atoms with Crippen LogP contribution in [0.5, 0.6) is 0 Å². The van der Waals surface area contributed by atoms with Gasteiger partial charge in [-0.3, -0.25) is 4.98 Å². The van der Waals surface area contributed by atoms with Crippen molar-refractivity contribution in [3.63, 3.8) is 0 Å². The second-order valence-corrected chi connectivity index (χ2v) is 6.93. The van der Waals surface area contributed by atoms with E-state index in [1.165, 1.54) is 16.0 Å². The molecular formula is C17H13N5S2. The number of aromatic nitrogens is 3. The van der Waals surface area contributed by atoms with Crippen molar-refractivity contribution in [2.75, 3.05) is 5.43 Å². The van der Waals surface area contributed by atoms with Crippen LogP contribution in [0.4, 0.5) is 5.95 Å². The third kappa shape index (κ3) is 2.91. The topological polar surface area (TPSA) is 63.1 Å². The maximum Gasteiger partial charge on any atom is 0.244 e. The largest absolute Gasteiger partial charge is 0.255 e. The zero-order chi connectivity index (χ0) is 16.4. The highest BCUT2D eigenvalue weighted by Gasteiger charge is 2.13. The van der Waals surface area contributed by atoms with Gasteiger partial charge in [-0.1, -0.05) is 6.07 Å². The minimum atomic E-state index is 0.479. The van der Waals surface area contributed by atoms with E-state index in [1.807, 2.05) is 24.4 Å². The highest BCUT2D eigenvalue weighted by molar-refractivity contribution is 7.22. The van der Waals surface area contributed by atoms with Gasteiger partial charge < -0.3 is 0 Å². The van der Waals surface area contributed by atoms with Crippen LogP contribution >= 0.6 is 22.7 Å². The highest BCUT2D eigenvalue weighted by atomic mass is 32.1. The summed E-state index contributed by atoms with van der Waals surface area (Å²) in [6.45, 7) is 2.10. The number of hydrazone groups is 1. The Morgan fingerprint density at radius 2 is 2.17 bits per heavy atom. The first-order chi connectivity index (χ1) is 11.8. The van der Waals surface area contributed by atoms with Crippen molar-refractivity contribution in [1.29, 1.82) is 0 Å². The van der Waals surface area contributed by atoms with Gasteiger partial charge in [-0.15, -0.1) is 11.3 Å². The predicted octanol–water partition coefficient (Wildman–Crippen LogP) is 4.57. The number of hydrogen-bond acceptors (Lipinski definition) is 7. The molecular weight excluding hydrogens is 338 g/mol. The van der Waals surface area contributed by atoms with E-state index in [0.29, 0.717) is 5.95 Å². The summed E-state index contributed by atoms with van der Waals surface area (Å²) in [4.78, 5) is 14.3. The van der Waals surface area contributed by atoms with Gasteiger partial charge in [-0.05, 0) is 41.4 Å². The Balaban J connectivity index is 1.61. The van der Waals surface area contributed by atoms with Crippen LogP contribution in [0.3, 0.4) is 0 Å². The fourth-order valence-electron chi connectivity index (χ4n) is 2.34. The standard InChI is InChI=1S/C17H13N5S2/c1-11-15-14(24-16(11)12-5-7-23-10-12)9-19-17(21-15)22-20-8-13-4-2-3-6-18-13/h2-10H,1H3,(H,19,21,22). The maximum atomic E-state index is 4.59. The SMILES string of the molecule is Cc1c(-c2ccsc2)sc2cnc(NN=Cc3ccccn3)nc12. The summed E-state index contributed by atoms with van der Waals surface area (Å²) in [6.07, 6.45) is 5.21. The van der Waals surface area contributed by atoms with Gasteiger partial charge in [0.05, 0.1) is 28.3 Å². The highest BCUT2D eigenvalue weighted by Crippen LogP contribution is 2.37. The Kier molecular flexibility index (Phi) is 4.02. The molecule has 0 aliphatic carbocycles. The Labute approximate surface area is 146 Å².